The fourth-order valence-electron chi connectivity index (χ4n) is 1.94. The molecule has 0 aliphatic carbocycles. The predicted octanol–water partition coefficient (Wildman–Crippen LogP) is 3.25. The first-order chi connectivity index (χ1) is 10.4. The number of hydrogen-bond acceptors (Lipinski definition) is 3. The maximum Gasteiger partial charge on any atom is 0.190 e. The minimum absolute atomic E-state index is 0. The number of anilines is 1. The van der Waals surface area contributed by atoms with Gasteiger partial charge in [0.2, 0.25) is 0 Å². The molecule has 0 aromatic carbocycles. The second-order valence-corrected chi connectivity index (χ2v) is 4.98. The average molecular weight is 419 g/mol. The zero-order valence-electron chi connectivity index (χ0n) is 13.8. The lowest BCUT2D eigenvalue weighted by Crippen LogP contribution is -2.38. The molecule has 0 unspecified atom stereocenters. The maximum atomic E-state index is 4.23. The van der Waals surface area contributed by atoms with Gasteiger partial charge >= 0.3 is 0 Å². The Hall–Kier alpha value is -1.05. The summed E-state index contributed by atoms with van der Waals surface area (Å²) < 4.78 is 0. The van der Waals surface area contributed by atoms with Gasteiger partial charge in [-0.15, -0.1) is 24.0 Å². The van der Waals surface area contributed by atoms with Gasteiger partial charge < -0.3 is 16.0 Å². The van der Waals surface area contributed by atoms with Crippen LogP contribution in [0.5, 0.6) is 0 Å². The van der Waals surface area contributed by atoms with E-state index in [2.05, 4.69) is 32.9 Å². The molecule has 126 valence electrons. The normalized spacial score (nSPS) is 10.7. The molecule has 0 atom stereocenters. The Kier molecular flexibility index (Phi) is 14.2. The average Bonchev–Trinajstić information content (AvgIpc) is 2.53. The Bertz CT molecular complexity index is 383. The quantitative estimate of drug-likeness (QED) is 0.236. The Balaban J connectivity index is 0.00000441. The highest BCUT2D eigenvalue weighted by Crippen LogP contribution is 2.00. The number of nitrogens with one attached hydrogen (secondary N) is 3. The highest BCUT2D eigenvalue weighted by atomic mass is 127. The summed E-state index contributed by atoms with van der Waals surface area (Å²) in [5.41, 5.74) is 0. The van der Waals surface area contributed by atoms with Crippen molar-refractivity contribution < 1.29 is 0 Å². The molecule has 1 heterocycles. The Morgan fingerprint density at radius 2 is 1.73 bits per heavy atom. The predicted molar refractivity (Wildman–Crippen MR) is 106 cm³/mol. The third-order valence-corrected chi connectivity index (χ3v) is 3.16. The minimum Gasteiger partial charge on any atom is -0.370 e. The number of guanidine groups is 1. The van der Waals surface area contributed by atoms with Gasteiger partial charge in [-0.1, -0.05) is 25.8 Å². The summed E-state index contributed by atoms with van der Waals surface area (Å²) in [5.74, 6) is 1.85. The molecule has 3 N–H and O–H groups in total. The second-order valence-electron chi connectivity index (χ2n) is 4.98. The van der Waals surface area contributed by atoms with Crippen LogP contribution in [0.1, 0.15) is 39.0 Å². The molecular weight excluding hydrogens is 389 g/mol. The van der Waals surface area contributed by atoms with Crippen LogP contribution in [0.2, 0.25) is 0 Å². The number of hydrogen-bond donors (Lipinski definition) is 3. The molecule has 0 aliphatic heterocycles. The van der Waals surface area contributed by atoms with Crippen LogP contribution in [-0.2, 0) is 0 Å². The molecule has 0 saturated heterocycles. The van der Waals surface area contributed by atoms with E-state index in [0.29, 0.717) is 0 Å². The van der Waals surface area contributed by atoms with E-state index in [1.165, 1.54) is 19.3 Å². The standard InChI is InChI=1S/C16H29N5.HI/c1-3-4-6-13-20-16(17-2)21-14-9-8-12-19-15-10-5-7-11-18-15;/h5,7,10-11H,3-4,6,8-9,12-14H2,1-2H3,(H,18,19)(H2,17,20,21);1H. The summed E-state index contributed by atoms with van der Waals surface area (Å²) in [6.45, 7) is 5.10. The lowest BCUT2D eigenvalue weighted by Gasteiger charge is -2.11. The molecule has 0 fully saturated rings. The number of unbranched alkanes of at least 4 members (excludes halogenated alkanes) is 3. The van der Waals surface area contributed by atoms with Gasteiger partial charge in [-0.3, -0.25) is 4.99 Å². The number of pyridine rings is 1. The van der Waals surface area contributed by atoms with Crippen LogP contribution in [0.25, 0.3) is 0 Å². The molecule has 0 saturated carbocycles. The molecule has 22 heavy (non-hydrogen) atoms. The Morgan fingerprint density at radius 1 is 1.05 bits per heavy atom. The van der Waals surface area contributed by atoms with Gasteiger partial charge in [0, 0.05) is 32.9 Å². The van der Waals surface area contributed by atoms with Gasteiger partial charge in [0.05, 0.1) is 0 Å². The van der Waals surface area contributed by atoms with Crippen molar-refractivity contribution >= 4 is 35.8 Å². The lowest BCUT2D eigenvalue weighted by atomic mass is 10.2. The topological polar surface area (TPSA) is 61.3 Å². The zero-order chi connectivity index (χ0) is 15.2. The molecule has 1 aromatic rings. The molecule has 1 rings (SSSR count). The molecule has 0 amide bonds. The van der Waals surface area contributed by atoms with E-state index in [1.54, 1.807) is 6.20 Å². The van der Waals surface area contributed by atoms with Gasteiger partial charge in [0.1, 0.15) is 5.82 Å². The number of aliphatic imine (C=N–C) groups is 1. The molecule has 1 aromatic heterocycles. The van der Waals surface area contributed by atoms with Crippen LogP contribution < -0.4 is 16.0 Å². The van der Waals surface area contributed by atoms with E-state index in [1.807, 2.05) is 25.2 Å². The van der Waals surface area contributed by atoms with Gasteiger partial charge in [-0.05, 0) is 31.4 Å². The maximum absolute atomic E-state index is 4.23. The van der Waals surface area contributed by atoms with E-state index in [9.17, 15) is 0 Å². The highest BCUT2D eigenvalue weighted by Gasteiger charge is 1.96. The number of rotatable bonds is 10. The van der Waals surface area contributed by atoms with Crippen molar-refractivity contribution in [1.29, 1.82) is 0 Å². The van der Waals surface area contributed by atoms with E-state index >= 15 is 0 Å². The highest BCUT2D eigenvalue weighted by molar-refractivity contribution is 14.0. The van der Waals surface area contributed by atoms with Crippen LogP contribution in [-0.4, -0.2) is 37.6 Å². The fourth-order valence-corrected chi connectivity index (χ4v) is 1.94. The summed E-state index contributed by atoms with van der Waals surface area (Å²) in [6.07, 6.45) is 7.73. The van der Waals surface area contributed by atoms with Crippen LogP contribution in [0, 0.1) is 0 Å². The Morgan fingerprint density at radius 3 is 2.32 bits per heavy atom. The van der Waals surface area contributed by atoms with E-state index in [-0.39, 0.29) is 24.0 Å². The van der Waals surface area contributed by atoms with Gasteiger partial charge in [-0.2, -0.15) is 0 Å². The summed E-state index contributed by atoms with van der Waals surface area (Å²) in [7, 11) is 1.82. The number of aromatic nitrogens is 1. The molecule has 0 radical (unpaired) electrons. The molecule has 0 bridgehead atoms. The van der Waals surface area contributed by atoms with E-state index in [0.717, 1.165) is 44.3 Å². The van der Waals surface area contributed by atoms with Gasteiger partial charge in [0.25, 0.3) is 0 Å². The Labute approximate surface area is 151 Å². The first-order valence-corrected chi connectivity index (χ1v) is 7.96. The molecule has 0 aliphatic rings. The van der Waals surface area contributed by atoms with Crippen molar-refractivity contribution in [3.8, 4) is 0 Å². The summed E-state index contributed by atoms with van der Waals surface area (Å²) in [5, 5.41) is 9.99. The van der Waals surface area contributed by atoms with Gasteiger partial charge in [-0.25, -0.2) is 4.98 Å². The fraction of sp³-hybridized carbons (Fsp3) is 0.625. The van der Waals surface area contributed by atoms with Crippen molar-refractivity contribution in [1.82, 2.24) is 15.6 Å². The lowest BCUT2D eigenvalue weighted by molar-refractivity contribution is 0.671. The van der Waals surface area contributed by atoms with Crippen LogP contribution >= 0.6 is 24.0 Å². The monoisotopic (exact) mass is 419 g/mol. The van der Waals surface area contributed by atoms with Crippen molar-refractivity contribution in [2.24, 2.45) is 4.99 Å². The number of halogens is 1. The van der Waals surface area contributed by atoms with Crippen LogP contribution in [0.4, 0.5) is 5.82 Å². The minimum atomic E-state index is 0. The second kappa shape index (κ2) is 14.9. The van der Waals surface area contributed by atoms with Gasteiger partial charge in [0.15, 0.2) is 5.96 Å². The summed E-state index contributed by atoms with van der Waals surface area (Å²) in [6, 6.07) is 5.90. The number of nitrogens with zero attached hydrogens (tertiary/aromatic N) is 2. The van der Waals surface area contributed by atoms with E-state index in [4.69, 9.17) is 0 Å². The first kappa shape index (κ1) is 20.9. The third-order valence-electron chi connectivity index (χ3n) is 3.16. The molecule has 5 nitrogen and oxygen atoms in total. The van der Waals surface area contributed by atoms with Crippen molar-refractivity contribution in [2.45, 2.75) is 39.0 Å². The molecular formula is C16H30IN5. The molecule has 0 spiro atoms. The SMILES string of the molecule is CCCCCNC(=NC)NCCCCNc1ccccn1.I. The molecule has 6 heteroatoms. The third kappa shape index (κ3) is 10.6. The largest absolute Gasteiger partial charge is 0.370 e. The summed E-state index contributed by atoms with van der Waals surface area (Å²) in [4.78, 5) is 8.45. The van der Waals surface area contributed by atoms with Crippen molar-refractivity contribution in [3.63, 3.8) is 0 Å². The summed E-state index contributed by atoms with van der Waals surface area (Å²) >= 11 is 0. The van der Waals surface area contributed by atoms with Crippen molar-refractivity contribution in [2.75, 3.05) is 32.0 Å². The van der Waals surface area contributed by atoms with Crippen molar-refractivity contribution in [3.05, 3.63) is 24.4 Å². The zero-order valence-corrected chi connectivity index (χ0v) is 16.1. The van der Waals surface area contributed by atoms with Crippen LogP contribution in [0.15, 0.2) is 29.4 Å². The van der Waals surface area contributed by atoms with Crippen LogP contribution in [0.3, 0.4) is 0 Å². The van der Waals surface area contributed by atoms with E-state index < -0.39 is 0 Å². The smallest absolute Gasteiger partial charge is 0.190 e. The first-order valence-electron chi connectivity index (χ1n) is 7.96.